The Morgan fingerprint density at radius 3 is 3.00 bits per heavy atom. The summed E-state index contributed by atoms with van der Waals surface area (Å²) >= 11 is 0. The van der Waals surface area contributed by atoms with E-state index in [0.29, 0.717) is 18.1 Å². The van der Waals surface area contributed by atoms with Crippen molar-refractivity contribution in [2.75, 3.05) is 7.11 Å². The lowest BCUT2D eigenvalue weighted by Gasteiger charge is -2.05. The molecule has 1 unspecified atom stereocenters. The van der Waals surface area contributed by atoms with Gasteiger partial charge in [-0.1, -0.05) is 23.4 Å². The molecule has 0 saturated carbocycles. The fourth-order valence-electron chi connectivity index (χ4n) is 2.29. The number of ether oxygens (including phenoxy) is 1. The van der Waals surface area contributed by atoms with E-state index in [1.54, 1.807) is 7.11 Å². The molecule has 3 N–H and O–H groups in total. The zero-order chi connectivity index (χ0) is 14.8. The van der Waals surface area contributed by atoms with Gasteiger partial charge in [0, 0.05) is 24.2 Å². The third kappa shape index (κ3) is 2.68. The molecular formula is C15H18N4O2. The number of para-hydroxylation sites is 1. The molecule has 6 nitrogen and oxygen atoms in total. The van der Waals surface area contributed by atoms with Gasteiger partial charge in [-0.25, -0.2) is 0 Å². The van der Waals surface area contributed by atoms with E-state index >= 15 is 0 Å². The molecule has 0 fully saturated rings. The van der Waals surface area contributed by atoms with Gasteiger partial charge in [0.15, 0.2) is 5.82 Å². The predicted molar refractivity (Wildman–Crippen MR) is 78.7 cm³/mol. The first-order valence-electron chi connectivity index (χ1n) is 6.86. The van der Waals surface area contributed by atoms with E-state index in [1.807, 2.05) is 31.3 Å². The molecule has 110 valence electrons. The van der Waals surface area contributed by atoms with Crippen LogP contribution in [0, 0.1) is 0 Å². The Balaban J connectivity index is 1.79. The average molecular weight is 286 g/mol. The number of methoxy groups -OCH3 is 1. The molecule has 3 aromatic rings. The number of rotatable bonds is 5. The fraction of sp³-hybridized carbons (Fsp3) is 0.333. The third-order valence-corrected chi connectivity index (χ3v) is 3.61. The van der Waals surface area contributed by atoms with Crippen LogP contribution < -0.4 is 5.73 Å². The number of benzene rings is 1. The summed E-state index contributed by atoms with van der Waals surface area (Å²) < 4.78 is 10.4. The van der Waals surface area contributed by atoms with Crippen LogP contribution in [0.3, 0.4) is 0 Å². The van der Waals surface area contributed by atoms with Gasteiger partial charge in [0.1, 0.15) is 6.10 Å². The molecule has 0 amide bonds. The van der Waals surface area contributed by atoms with Gasteiger partial charge in [-0.2, -0.15) is 4.98 Å². The molecule has 0 bridgehead atoms. The molecule has 0 aliphatic rings. The van der Waals surface area contributed by atoms with E-state index in [4.69, 9.17) is 15.0 Å². The largest absolute Gasteiger partial charge is 0.374 e. The highest BCUT2D eigenvalue weighted by Gasteiger charge is 2.19. The molecule has 0 saturated heterocycles. The first kappa shape index (κ1) is 13.8. The van der Waals surface area contributed by atoms with Crippen molar-refractivity contribution in [2.45, 2.75) is 25.5 Å². The van der Waals surface area contributed by atoms with Crippen LogP contribution in [-0.2, 0) is 11.2 Å². The van der Waals surface area contributed by atoms with Crippen molar-refractivity contribution in [1.82, 2.24) is 15.1 Å². The minimum Gasteiger partial charge on any atom is -0.374 e. The molecule has 21 heavy (non-hydrogen) atoms. The van der Waals surface area contributed by atoms with E-state index in [2.05, 4.69) is 21.2 Å². The van der Waals surface area contributed by atoms with Gasteiger partial charge in [-0.05, 0) is 25.0 Å². The summed E-state index contributed by atoms with van der Waals surface area (Å²) in [6, 6.07) is 7.78. The van der Waals surface area contributed by atoms with E-state index in [0.717, 1.165) is 16.5 Å². The van der Waals surface area contributed by atoms with Crippen LogP contribution >= 0.6 is 0 Å². The first-order valence-corrected chi connectivity index (χ1v) is 6.86. The minimum absolute atomic E-state index is 0.206. The number of fused-ring (bicyclic) bond motifs is 1. The molecule has 2 atom stereocenters. The zero-order valence-corrected chi connectivity index (χ0v) is 12.0. The summed E-state index contributed by atoms with van der Waals surface area (Å²) in [5, 5.41) is 5.07. The van der Waals surface area contributed by atoms with Crippen LogP contribution in [0.5, 0.6) is 0 Å². The predicted octanol–water partition coefficient (Wildman–Crippen LogP) is 2.50. The Kier molecular flexibility index (Phi) is 3.72. The van der Waals surface area contributed by atoms with Gasteiger partial charge in [0.05, 0.1) is 6.04 Å². The standard InChI is InChI=1S/C15H18N4O2/c1-9(20-2)14-18-15(21-19-14)12(16)7-10-8-17-13-6-4-3-5-11(10)13/h3-6,8-9,12,17H,7,16H2,1-2H3/t9?,12-/m0/s1. The van der Waals surface area contributed by atoms with Crippen LogP contribution in [0.2, 0.25) is 0 Å². The summed E-state index contributed by atoms with van der Waals surface area (Å²) in [4.78, 5) is 7.54. The topological polar surface area (TPSA) is 90.0 Å². The Hall–Kier alpha value is -2.18. The molecule has 2 aromatic heterocycles. The van der Waals surface area contributed by atoms with Crippen LogP contribution in [-0.4, -0.2) is 22.2 Å². The van der Waals surface area contributed by atoms with Crippen LogP contribution in [0.15, 0.2) is 35.0 Å². The summed E-state index contributed by atoms with van der Waals surface area (Å²) in [6.07, 6.45) is 2.40. The first-order chi connectivity index (χ1) is 10.2. The average Bonchev–Trinajstić information content (AvgIpc) is 3.14. The van der Waals surface area contributed by atoms with Gasteiger partial charge in [0.25, 0.3) is 0 Å². The number of nitrogens with two attached hydrogens (primary N) is 1. The normalized spacial score (nSPS) is 14.4. The van der Waals surface area contributed by atoms with Crippen LogP contribution in [0.1, 0.15) is 36.3 Å². The van der Waals surface area contributed by atoms with Crippen molar-refractivity contribution in [2.24, 2.45) is 5.73 Å². The molecular weight excluding hydrogens is 268 g/mol. The summed E-state index contributed by atoms with van der Waals surface area (Å²) in [5.41, 5.74) is 8.41. The van der Waals surface area contributed by atoms with Crippen molar-refractivity contribution < 1.29 is 9.26 Å². The molecule has 1 aromatic carbocycles. The monoisotopic (exact) mass is 286 g/mol. The lowest BCUT2D eigenvalue weighted by Crippen LogP contribution is -2.14. The number of nitrogens with one attached hydrogen (secondary N) is 1. The molecule has 0 radical (unpaired) electrons. The van der Waals surface area contributed by atoms with E-state index in [9.17, 15) is 0 Å². The SMILES string of the molecule is COC(C)c1noc([C@@H](N)Cc2c[nH]c3ccccc23)n1. The summed E-state index contributed by atoms with van der Waals surface area (Å²) in [6.45, 7) is 1.86. The Bertz CT molecular complexity index is 734. The number of aromatic nitrogens is 3. The summed E-state index contributed by atoms with van der Waals surface area (Å²) in [5.74, 6) is 0.945. The van der Waals surface area contributed by atoms with Crippen molar-refractivity contribution >= 4 is 10.9 Å². The number of H-pyrrole nitrogens is 1. The highest BCUT2D eigenvalue weighted by atomic mass is 16.5. The maximum absolute atomic E-state index is 6.18. The lowest BCUT2D eigenvalue weighted by molar-refractivity contribution is 0.109. The van der Waals surface area contributed by atoms with Crippen molar-refractivity contribution in [3.8, 4) is 0 Å². The maximum atomic E-state index is 6.18. The van der Waals surface area contributed by atoms with Gasteiger partial charge in [0.2, 0.25) is 5.89 Å². The second-order valence-electron chi connectivity index (χ2n) is 5.04. The third-order valence-electron chi connectivity index (χ3n) is 3.61. The van der Waals surface area contributed by atoms with Crippen molar-refractivity contribution in [3.05, 3.63) is 47.7 Å². The number of aromatic amines is 1. The van der Waals surface area contributed by atoms with Gasteiger partial charge in [-0.3, -0.25) is 0 Å². The van der Waals surface area contributed by atoms with E-state index in [1.165, 1.54) is 0 Å². The molecule has 6 heteroatoms. The molecule has 0 aliphatic carbocycles. The van der Waals surface area contributed by atoms with E-state index in [-0.39, 0.29) is 12.1 Å². The Morgan fingerprint density at radius 1 is 1.38 bits per heavy atom. The number of nitrogens with zero attached hydrogens (tertiary/aromatic N) is 2. The summed E-state index contributed by atoms with van der Waals surface area (Å²) in [7, 11) is 1.60. The molecule has 0 aliphatic heterocycles. The van der Waals surface area contributed by atoms with Crippen LogP contribution in [0.25, 0.3) is 10.9 Å². The van der Waals surface area contributed by atoms with E-state index < -0.39 is 0 Å². The fourth-order valence-corrected chi connectivity index (χ4v) is 2.29. The quantitative estimate of drug-likeness (QED) is 0.752. The van der Waals surface area contributed by atoms with Crippen molar-refractivity contribution in [3.63, 3.8) is 0 Å². The molecule has 2 heterocycles. The Labute approximate surface area is 122 Å². The number of hydrogen-bond acceptors (Lipinski definition) is 5. The highest BCUT2D eigenvalue weighted by molar-refractivity contribution is 5.83. The molecule has 3 rings (SSSR count). The second kappa shape index (κ2) is 5.67. The maximum Gasteiger partial charge on any atom is 0.243 e. The van der Waals surface area contributed by atoms with Gasteiger partial charge >= 0.3 is 0 Å². The van der Waals surface area contributed by atoms with Gasteiger partial charge in [-0.15, -0.1) is 0 Å². The van der Waals surface area contributed by atoms with Gasteiger partial charge < -0.3 is 20.0 Å². The Morgan fingerprint density at radius 2 is 2.19 bits per heavy atom. The minimum atomic E-state index is -0.338. The highest BCUT2D eigenvalue weighted by Crippen LogP contribution is 2.23. The number of hydrogen-bond donors (Lipinski definition) is 2. The zero-order valence-electron chi connectivity index (χ0n) is 12.0. The van der Waals surface area contributed by atoms with Crippen molar-refractivity contribution in [1.29, 1.82) is 0 Å². The smallest absolute Gasteiger partial charge is 0.243 e. The molecule has 0 spiro atoms. The van der Waals surface area contributed by atoms with Crippen LogP contribution in [0.4, 0.5) is 0 Å². The second-order valence-corrected chi connectivity index (χ2v) is 5.04. The lowest BCUT2D eigenvalue weighted by atomic mass is 10.1.